The second-order valence-electron chi connectivity index (χ2n) is 4.77. The molecule has 3 rings (SSSR count). The van der Waals surface area contributed by atoms with E-state index in [4.69, 9.17) is 0 Å². The molecule has 0 aliphatic carbocycles. The number of nitrogens with zero attached hydrogens (tertiary/aromatic N) is 2. The lowest BCUT2D eigenvalue weighted by Crippen LogP contribution is -2.32. The van der Waals surface area contributed by atoms with Crippen LogP contribution in [-0.2, 0) is 0 Å². The van der Waals surface area contributed by atoms with Gasteiger partial charge in [-0.05, 0) is 50.2 Å². The summed E-state index contributed by atoms with van der Waals surface area (Å²) in [6, 6.07) is 6.39. The van der Waals surface area contributed by atoms with E-state index in [2.05, 4.69) is 15.3 Å². The van der Waals surface area contributed by atoms with Crippen molar-refractivity contribution in [3.05, 3.63) is 35.6 Å². The summed E-state index contributed by atoms with van der Waals surface area (Å²) < 4.78 is 12.9. The largest absolute Gasteiger partial charge is 0.317 e. The summed E-state index contributed by atoms with van der Waals surface area (Å²) in [6.45, 7) is 2.84. The Labute approximate surface area is 113 Å². The maximum absolute atomic E-state index is 12.9. The van der Waals surface area contributed by atoms with Crippen molar-refractivity contribution < 1.29 is 4.39 Å². The molecule has 0 atom stereocenters. The molecule has 0 bridgehead atoms. The van der Waals surface area contributed by atoms with E-state index in [0.717, 1.165) is 37.3 Å². The summed E-state index contributed by atoms with van der Waals surface area (Å²) in [5.74, 6) is 1.09. The first-order valence-electron chi connectivity index (χ1n) is 6.41. The first-order valence-corrected chi connectivity index (χ1v) is 6.41. The molecule has 4 heteroatoms. The first kappa shape index (κ1) is 13.9. The number of hydrogen-bond acceptors (Lipinski definition) is 3. The van der Waals surface area contributed by atoms with Gasteiger partial charge < -0.3 is 5.32 Å². The summed E-state index contributed by atoms with van der Waals surface area (Å²) in [5.41, 5.74) is 2.09. The molecule has 1 N–H and O–H groups in total. The fraction of sp³-hybridized carbons (Fsp3) is 0.467. The van der Waals surface area contributed by atoms with Crippen LogP contribution >= 0.6 is 0 Å². The molecule has 1 aromatic rings. The number of hydrogen-bond donors (Lipinski definition) is 1. The Balaban J connectivity index is 0.00000133. The van der Waals surface area contributed by atoms with Crippen LogP contribution in [0.15, 0.2) is 34.3 Å². The number of benzene rings is 1. The lowest BCUT2D eigenvalue weighted by atomic mass is 9.93. The van der Waals surface area contributed by atoms with Crippen LogP contribution in [0.25, 0.3) is 0 Å². The van der Waals surface area contributed by atoms with E-state index in [1.807, 2.05) is 0 Å². The van der Waals surface area contributed by atoms with Gasteiger partial charge in [-0.15, -0.1) is 0 Å². The van der Waals surface area contributed by atoms with Crippen molar-refractivity contribution in [1.29, 1.82) is 0 Å². The van der Waals surface area contributed by atoms with Gasteiger partial charge in [0.25, 0.3) is 0 Å². The molecule has 0 saturated carbocycles. The summed E-state index contributed by atoms with van der Waals surface area (Å²) in [6.07, 6.45) is 2.29. The van der Waals surface area contributed by atoms with E-state index in [-0.39, 0.29) is 13.2 Å². The topological polar surface area (TPSA) is 36.8 Å². The van der Waals surface area contributed by atoms with Gasteiger partial charge in [0, 0.05) is 17.2 Å². The van der Waals surface area contributed by atoms with Crippen molar-refractivity contribution in [2.24, 2.45) is 15.9 Å². The summed E-state index contributed by atoms with van der Waals surface area (Å²) >= 11 is 0. The van der Waals surface area contributed by atoms with Crippen LogP contribution in [0.1, 0.15) is 25.8 Å². The molecule has 3 nitrogen and oxygen atoms in total. The predicted octanol–water partition coefficient (Wildman–Crippen LogP) is 2.66. The molecule has 0 radical (unpaired) electrons. The maximum atomic E-state index is 12.9. The Hall–Kier alpha value is -1.55. The molecule has 2 aliphatic heterocycles. The second-order valence-corrected chi connectivity index (χ2v) is 4.77. The van der Waals surface area contributed by atoms with E-state index < -0.39 is 0 Å². The van der Waals surface area contributed by atoms with Gasteiger partial charge in [-0.3, -0.25) is 4.99 Å². The molecule has 0 amide bonds. The third-order valence-electron chi connectivity index (χ3n) is 3.55. The highest BCUT2D eigenvalue weighted by Gasteiger charge is 2.22. The predicted molar refractivity (Wildman–Crippen MR) is 77.6 cm³/mol. The molecule has 0 unspecified atom stereocenters. The van der Waals surface area contributed by atoms with Gasteiger partial charge in [0.2, 0.25) is 0 Å². The standard InChI is InChI=1S/C14H16FN3.CH4/c15-12-3-1-11(2-4-12)14-17-9-13(18-14)10-5-7-16-8-6-10;/h1-4,10,16H,5-9H2;1H4. The Bertz CT molecular complexity index is 485. The lowest BCUT2D eigenvalue weighted by molar-refractivity contribution is 0.455. The first-order chi connectivity index (χ1) is 8.83. The Kier molecular flexibility index (Phi) is 4.43. The Morgan fingerprint density at radius 2 is 1.79 bits per heavy atom. The fourth-order valence-corrected chi connectivity index (χ4v) is 2.49. The van der Waals surface area contributed by atoms with Gasteiger partial charge in [-0.2, -0.15) is 0 Å². The zero-order valence-electron chi connectivity index (χ0n) is 10.2. The van der Waals surface area contributed by atoms with Crippen molar-refractivity contribution in [3.63, 3.8) is 0 Å². The monoisotopic (exact) mass is 261 g/mol. The average molecular weight is 261 g/mol. The normalized spacial score (nSPS) is 19.6. The van der Waals surface area contributed by atoms with E-state index in [1.165, 1.54) is 17.8 Å². The van der Waals surface area contributed by atoms with Crippen LogP contribution < -0.4 is 5.32 Å². The van der Waals surface area contributed by atoms with E-state index >= 15 is 0 Å². The maximum Gasteiger partial charge on any atom is 0.154 e. The van der Waals surface area contributed by atoms with Crippen molar-refractivity contribution in [2.75, 3.05) is 19.6 Å². The highest BCUT2D eigenvalue weighted by atomic mass is 19.1. The van der Waals surface area contributed by atoms with Crippen molar-refractivity contribution in [3.8, 4) is 0 Å². The van der Waals surface area contributed by atoms with Gasteiger partial charge in [-0.1, -0.05) is 7.43 Å². The summed E-state index contributed by atoms with van der Waals surface area (Å²) in [5, 5.41) is 3.35. The van der Waals surface area contributed by atoms with Gasteiger partial charge >= 0.3 is 0 Å². The Morgan fingerprint density at radius 3 is 2.47 bits per heavy atom. The van der Waals surface area contributed by atoms with Crippen LogP contribution in [0, 0.1) is 11.7 Å². The molecule has 2 aliphatic rings. The van der Waals surface area contributed by atoms with Crippen molar-refractivity contribution in [1.82, 2.24) is 5.32 Å². The minimum Gasteiger partial charge on any atom is -0.317 e. The number of aliphatic imine (C=N–C) groups is 2. The molecule has 0 spiro atoms. The second kappa shape index (κ2) is 6.06. The number of nitrogens with one attached hydrogen (secondary N) is 1. The quantitative estimate of drug-likeness (QED) is 0.873. The number of piperidine rings is 1. The minimum absolute atomic E-state index is 0. The van der Waals surface area contributed by atoms with Crippen LogP contribution in [0.3, 0.4) is 0 Å². The molecule has 2 heterocycles. The number of amidine groups is 1. The van der Waals surface area contributed by atoms with Crippen molar-refractivity contribution in [2.45, 2.75) is 20.3 Å². The third-order valence-corrected chi connectivity index (χ3v) is 3.55. The van der Waals surface area contributed by atoms with Crippen LogP contribution in [0.2, 0.25) is 0 Å². The molecule has 1 fully saturated rings. The smallest absolute Gasteiger partial charge is 0.154 e. The third kappa shape index (κ3) is 3.07. The van der Waals surface area contributed by atoms with Gasteiger partial charge in [-0.25, -0.2) is 9.38 Å². The van der Waals surface area contributed by atoms with Crippen LogP contribution in [0.4, 0.5) is 4.39 Å². The van der Waals surface area contributed by atoms with E-state index in [9.17, 15) is 4.39 Å². The zero-order valence-corrected chi connectivity index (χ0v) is 10.2. The van der Waals surface area contributed by atoms with Crippen LogP contribution in [-0.4, -0.2) is 31.2 Å². The summed E-state index contributed by atoms with van der Waals surface area (Å²) in [7, 11) is 0. The van der Waals surface area contributed by atoms with E-state index in [0.29, 0.717) is 12.5 Å². The Morgan fingerprint density at radius 1 is 1.11 bits per heavy atom. The molecular formula is C15H20FN3. The van der Waals surface area contributed by atoms with Crippen LogP contribution in [0.5, 0.6) is 0 Å². The molecular weight excluding hydrogens is 241 g/mol. The number of rotatable bonds is 2. The molecule has 1 aromatic carbocycles. The van der Waals surface area contributed by atoms with Gasteiger partial charge in [0.1, 0.15) is 5.82 Å². The highest BCUT2D eigenvalue weighted by Crippen LogP contribution is 2.19. The van der Waals surface area contributed by atoms with Crippen molar-refractivity contribution >= 4 is 11.5 Å². The van der Waals surface area contributed by atoms with Gasteiger partial charge in [0.05, 0.1) is 6.54 Å². The molecule has 102 valence electrons. The molecule has 0 aromatic heterocycles. The zero-order chi connectivity index (χ0) is 12.4. The highest BCUT2D eigenvalue weighted by molar-refractivity contribution is 6.12. The van der Waals surface area contributed by atoms with E-state index in [1.54, 1.807) is 12.1 Å². The molecule has 19 heavy (non-hydrogen) atoms. The minimum atomic E-state index is -0.222. The fourth-order valence-electron chi connectivity index (χ4n) is 2.49. The van der Waals surface area contributed by atoms with Gasteiger partial charge in [0.15, 0.2) is 5.84 Å². The molecule has 1 saturated heterocycles. The average Bonchev–Trinajstić information content (AvgIpc) is 2.90. The lowest BCUT2D eigenvalue weighted by Gasteiger charge is -2.22. The summed E-state index contributed by atoms with van der Waals surface area (Å²) in [4.78, 5) is 9.09. The SMILES string of the molecule is C.Fc1ccc(C2=NCC(C3CCNCC3)=N2)cc1. The number of halogens is 1.